The minimum Gasteiger partial charge on any atom is -0.494 e. The maximum atomic E-state index is 12.0. The predicted octanol–water partition coefficient (Wildman–Crippen LogP) is 3.97. The molecule has 0 radical (unpaired) electrons. The number of ether oxygens (including phenoxy) is 2. The average Bonchev–Trinajstić information content (AvgIpc) is 2.55. The number of carbonyl (C=O) groups is 1. The summed E-state index contributed by atoms with van der Waals surface area (Å²) in [6.45, 7) is 3.68. The highest BCUT2D eigenvalue weighted by Crippen LogP contribution is 2.29. The van der Waals surface area contributed by atoms with Gasteiger partial charge in [-0.2, -0.15) is 0 Å². The summed E-state index contributed by atoms with van der Waals surface area (Å²) >= 11 is 5.86. The Kier molecular flexibility index (Phi) is 6.19. The van der Waals surface area contributed by atoms with Crippen LogP contribution in [0.4, 0.5) is 11.4 Å². The number of amides is 1. The molecule has 1 N–H and O–H groups in total. The second-order valence-electron chi connectivity index (χ2n) is 5.12. The molecule has 2 rings (SSSR count). The highest BCUT2D eigenvalue weighted by Gasteiger charge is 2.17. The van der Waals surface area contributed by atoms with Gasteiger partial charge in [0.1, 0.15) is 17.2 Å². The van der Waals surface area contributed by atoms with Crippen LogP contribution in [0, 0.1) is 17.0 Å². The van der Waals surface area contributed by atoms with Crippen molar-refractivity contribution in [3.8, 4) is 11.5 Å². The number of nitrogens with one attached hydrogen (secondary N) is 1. The molecule has 0 unspecified atom stereocenters. The topological polar surface area (TPSA) is 90.7 Å². The number of benzene rings is 2. The molecule has 7 nitrogen and oxygen atoms in total. The maximum absolute atomic E-state index is 12.0. The second-order valence-corrected chi connectivity index (χ2v) is 5.55. The zero-order chi connectivity index (χ0) is 18.4. The summed E-state index contributed by atoms with van der Waals surface area (Å²) < 4.78 is 10.7. The van der Waals surface area contributed by atoms with Crippen LogP contribution in [0.3, 0.4) is 0 Å². The van der Waals surface area contributed by atoms with Crippen LogP contribution in [0.2, 0.25) is 5.02 Å². The molecule has 0 bridgehead atoms. The van der Waals surface area contributed by atoms with Gasteiger partial charge in [-0.1, -0.05) is 11.6 Å². The number of hydrogen-bond acceptors (Lipinski definition) is 5. The molecule has 132 valence electrons. The molecule has 0 aromatic heterocycles. The molecule has 0 atom stereocenters. The predicted molar refractivity (Wildman–Crippen MR) is 94.6 cm³/mol. The molecule has 0 saturated carbocycles. The van der Waals surface area contributed by atoms with E-state index in [9.17, 15) is 14.9 Å². The summed E-state index contributed by atoms with van der Waals surface area (Å²) in [6, 6.07) is 9.27. The Labute approximate surface area is 149 Å². The van der Waals surface area contributed by atoms with Crippen molar-refractivity contribution < 1.29 is 19.2 Å². The molecule has 25 heavy (non-hydrogen) atoms. The van der Waals surface area contributed by atoms with Gasteiger partial charge in [-0.25, -0.2) is 0 Å². The SMILES string of the molecule is CCOc1ccc(NC(=O)COc2ccc(Cl)cc2C)c([N+](=O)[O-])c1. The van der Waals surface area contributed by atoms with Crippen LogP contribution in [0.15, 0.2) is 36.4 Å². The zero-order valence-corrected chi connectivity index (χ0v) is 14.5. The summed E-state index contributed by atoms with van der Waals surface area (Å²) in [5.41, 5.74) is 0.615. The van der Waals surface area contributed by atoms with Crippen LogP contribution in [-0.2, 0) is 4.79 Å². The lowest BCUT2D eigenvalue weighted by molar-refractivity contribution is -0.384. The Hall–Kier alpha value is -2.80. The van der Waals surface area contributed by atoms with Crippen molar-refractivity contribution in [2.24, 2.45) is 0 Å². The van der Waals surface area contributed by atoms with Gasteiger partial charge in [0.25, 0.3) is 11.6 Å². The molecule has 1 amide bonds. The highest BCUT2D eigenvalue weighted by molar-refractivity contribution is 6.30. The average molecular weight is 365 g/mol. The van der Waals surface area contributed by atoms with Crippen LogP contribution in [0.25, 0.3) is 0 Å². The first-order valence-electron chi connectivity index (χ1n) is 7.50. The van der Waals surface area contributed by atoms with Crippen LogP contribution in [0.5, 0.6) is 11.5 Å². The van der Waals surface area contributed by atoms with E-state index in [2.05, 4.69) is 5.32 Å². The van der Waals surface area contributed by atoms with Gasteiger partial charge in [0.05, 0.1) is 17.6 Å². The summed E-state index contributed by atoms with van der Waals surface area (Å²) in [5, 5.41) is 14.2. The minimum atomic E-state index is -0.581. The normalized spacial score (nSPS) is 10.2. The van der Waals surface area contributed by atoms with Crippen molar-refractivity contribution in [1.29, 1.82) is 0 Å². The molecular weight excluding hydrogens is 348 g/mol. The molecule has 0 spiro atoms. The van der Waals surface area contributed by atoms with Crippen molar-refractivity contribution >= 4 is 28.9 Å². The molecule has 0 aliphatic rings. The van der Waals surface area contributed by atoms with Crippen LogP contribution >= 0.6 is 11.6 Å². The monoisotopic (exact) mass is 364 g/mol. The molecular formula is C17H17ClN2O5. The van der Waals surface area contributed by atoms with E-state index < -0.39 is 10.8 Å². The number of carbonyl (C=O) groups excluding carboxylic acids is 1. The highest BCUT2D eigenvalue weighted by atomic mass is 35.5. The number of nitro groups is 1. The molecule has 2 aromatic carbocycles. The van der Waals surface area contributed by atoms with E-state index >= 15 is 0 Å². The fourth-order valence-corrected chi connectivity index (χ4v) is 2.36. The molecule has 0 aliphatic carbocycles. The molecule has 2 aromatic rings. The van der Waals surface area contributed by atoms with Gasteiger partial charge in [-0.3, -0.25) is 14.9 Å². The number of nitrogens with zero attached hydrogens (tertiary/aromatic N) is 1. The van der Waals surface area contributed by atoms with Crippen molar-refractivity contribution in [3.63, 3.8) is 0 Å². The zero-order valence-electron chi connectivity index (χ0n) is 13.7. The van der Waals surface area contributed by atoms with Crippen molar-refractivity contribution in [2.75, 3.05) is 18.5 Å². The summed E-state index contributed by atoms with van der Waals surface area (Å²) in [4.78, 5) is 22.6. The lowest BCUT2D eigenvalue weighted by Crippen LogP contribution is -2.21. The smallest absolute Gasteiger partial charge is 0.296 e. The van der Waals surface area contributed by atoms with Gasteiger partial charge in [-0.05, 0) is 49.7 Å². The molecule has 0 aliphatic heterocycles. The standard InChI is InChI=1S/C17H17ClN2O5/c1-3-24-13-5-6-14(15(9-13)20(22)23)19-17(21)10-25-16-7-4-12(18)8-11(16)2/h4-9H,3,10H2,1-2H3,(H,19,21). The van der Waals surface area contributed by atoms with E-state index in [-0.39, 0.29) is 18.0 Å². The van der Waals surface area contributed by atoms with Crippen molar-refractivity contribution in [3.05, 3.63) is 57.1 Å². The van der Waals surface area contributed by atoms with E-state index in [0.29, 0.717) is 23.1 Å². The van der Waals surface area contributed by atoms with Crippen LogP contribution in [-0.4, -0.2) is 24.0 Å². The lowest BCUT2D eigenvalue weighted by atomic mass is 10.2. The molecule has 8 heteroatoms. The molecule has 0 fully saturated rings. The third-order valence-corrected chi connectivity index (χ3v) is 3.48. The third kappa shape index (κ3) is 5.09. The fourth-order valence-electron chi connectivity index (χ4n) is 2.13. The van der Waals surface area contributed by atoms with E-state index in [1.807, 2.05) is 0 Å². The van der Waals surface area contributed by atoms with Gasteiger partial charge >= 0.3 is 0 Å². The van der Waals surface area contributed by atoms with E-state index in [0.717, 1.165) is 5.56 Å². The Morgan fingerprint density at radius 1 is 1.24 bits per heavy atom. The van der Waals surface area contributed by atoms with E-state index in [1.165, 1.54) is 12.1 Å². The Bertz CT molecular complexity index is 795. The van der Waals surface area contributed by atoms with Crippen molar-refractivity contribution in [2.45, 2.75) is 13.8 Å². The minimum absolute atomic E-state index is 0.0786. The lowest BCUT2D eigenvalue weighted by Gasteiger charge is -2.11. The number of halogens is 1. The summed E-state index contributed by atoms with van der Waals surface area (Å²) in [6.07, 6.45) is 0. The van der Waals surface area contributed by atoms with Gasteiger partial charge in [0, 0.05) is 5.02 Å². The van der Waals surface area contributed by atoms with Gasteiger partial charge in [-0.15, -0.1) is 0 Å². The summed E-state index contributed by atoms with van der Waals surface area (Å²) in [5.74, 6) is 0.364. The largest absolute Gasteiger partial charge is 0.494 e. The van der Waals surface area contributed by atoms with Gasteiger partial charge < -0.3 is 14.8 Å². The Morgan fingerprint density at radius 3 is 2.64 bits per heavy atom. The first kappa shape index (κ1) is 18.5. The number of hydrogen-bond donors (Lipinski definition) is 1. The molecule has 0 heterocycles. The van der Waals surface area contributed by atoms with Crippen LogP contribution in [0.1, 0.15) is 12.5 Å². The Balaban J connectivity index is 2.05. The Morgan fingerprint density at radius 2 is 2.00 bits per heavy atom. The van der Waals surface area contributed by atoms with E-state index in [1.54, 1.807) is 38.1 Å². The maximum Gasteiger partial charge on any atom is 0.296 e. The number of nitro benzene ring substituents is 1. The van der Waals surface area contributed by atoms with E-state index in [4.69, 9.17) is 21.1 Å². The second kappa shape index (κ2) is 8.34. The summed E-state index contributed by atoms with van der Waals surface area (Å²) in [7, 11) is 0. The number of aryl methyl sites for hydroxylation is 1. The van der Waals surface area contributed by atoms with Gasteiger partial charge in [0.15, 0.2) is 6.61 Å². The fraction of sp³-hybridized carbons (Fsp3) is 0.235. The molecule has 0 saturated heterocycles. The van der Waals surface area contributed by atoms with Crippen molar-refractivity contribution in [1.82, 2.24) is 0 Å². The number of rotatable bonds is 7. The van der Waals surface area contributed by atoms with Crippen LogP contribution < -0.4 is 14.8 Å². The number of anilines is 1. The third-order valence-electron chi connectivity index (χ3n) is 3.25. The first-order chi connectivity index (χ1) is 11.9. The van der Waals surface area contributed by atoms with Gasteiger partial charge in [0.2, 0.25) is 0 Å². The first-order valence-corrected chi connectivity index (χ1v) is 7.88. The quantitative estimate of drug-likeness (QED) is 0.593.